The molecule has 3 heteroatoms. The number of carbonyl (C=O) groups excluding carboxylic acids is 1. The van der Waals surface area contributed by atoms with Crippen molar-refractivity contribution in [3.63, 3.8) is 0 Å². The van der Waals surface area contributed by atoms with Gasteiger partial charge in [-0.1, -0.05) is 29.8 Å². The molecule has 0 heterocycles. The molecule has 1 aromatic carbocycles. The van der Waals surface area contributed by atoms with Crippen molar-refractivity contribution in [1.29, 1.82) is 0 Å². The van der Waals surface area contributed by atoms with E-state index in [1.165, 1.54) is 12.0 Å². The molecule has 4 bridgehead atoms. The van der Waals surface area contributed by atoms with Crippen LogP contribution in [0.2, 0.25) is 0 Å². The first-order valence-electron chi connectivity index (χ1n) is 8.53. The van der Waals surface area contributed by atoms with Crippen LogP contribution in [0.1, 0.15) is 49.7 Å². The van der Waals surface area contributed by atoms with Gasteiger partial charge in [0, 0.05) is 6.54 Å². The Morgan fingerprint density at radius 2 is 2.00 bits per heavy atom. The molecule has 0 aliphatic heterocycles. The molecule has 1 aromatic rings. The molecule has 0 radical (unpaired) electrons. The number of carbonyl (C=O) groups is 1. The van der Waals surface area contributed by atoms with E-state index in [4.69, 9.17) is 0 Å². The lowest BCUT2D eigenvalue weighted by atomic mass is 9.47. The van der Waals surface area contributed by atoms with Gasteiger partial charge in [0.1, 0.15) is 0 Å². The van der Waals surface area contributed by atoms with Gasteiger partial charge in [-0.15, -0.1) is 0 Å². The number of amides is 1. The van der Waals surface area contributed by atoms with E-state index in [2.05, 4.69) is 30.4 Å². The Labute approximate surface area is 132 Å². The number of benzene rings is 1. The smallest absolute Gasteiger partial charge is 0.226 e. The average Bonchev–Trinajstić information content (AvgIpc) is 2.42. The van der Waals surface area contributed by atoms with Crippen molar-refractivity contribution in [2.45, 2.75) is 57.6 Å². The van der Waals surface area contributed by atoms with E-state index in [0.29, 0.717) is 24.8 Å². The van der Waals surface area contributed by atoms with Gasteiger partial charge in [-0.3, -0.25) is 4.79 Å². The molecule has 2 atom stereocenters. The fourth-order valence-electron chi connectivity index (χ4n) is 5.67. The van der Waals surface area contributed by atoms with Gasteiger partial charge in [0.2, 0.25) is 5.91 Å². The zero-order chi connectivity index (χ0) is 15.4. The van der Waals surface area contributed by atoms with E-state index in [1.54, 1.807) is 0 Å². The molecule has 4 saturated carbocycles. The summed E-state index contributed by atoms with van der Waals surface area (Å²) in [6, 6.07) is 8.28. The fourth-order valence-corrected chi connectivity index (χ4v) is 5.67. The van der Waals surface area contributed by atoms with E-state index in [0.717, 1.165) is 31.2 Å². The number of nitrogens with one attached hydrogen (secondary N) is 1. The van der Waals surface area contributed by atoms with Crippen LogP contribution in [0.5, 0.6) is 0 Å². The van der Waals surface area contributed by atoms with Crippen LogP contribution in [0.15, 0.2) is 24.3 Å². The molecule has 0 aromatic heterocycles. The first kappa shape index (κ1) is 14.3. The highest BCUT2D eigenvalue weighted by atomic mass is 16.3. The number of hydrogen-bond acceptors (Lipinski definition) is 2. The lowest BCUT2D eigenvalue weighted by Gasteiger charge is -2.59. The molecule has 4 aliphatic carbocycles. The fraction of sp³-hybridized carbons (Fsp3) is 0.632. The van der Waals surface area contributed by atoms with Crippen molar-refractivity contribution in [3.8, 4) is 0 Å². The molecule has 4 fully saturated rings. The van der Waals surface area contributed by atoms with Gasteiger partial charge < -0.3 is 10.4 Å². The van der Waals surface area contributed by atoms with Gasteiger partial charge >= 0.3 is 0 Å². The van der Waals surface area contributed by atoms with Crippen LogP contribution < -0.4 is 5.32 Å². The maximum atomic E-state index is 12.9. The van der Waals surface area contributed by atoms with Crippen molar-refractivity contribution < 1.29 is 9.90 Å². The molecule has 0 saturated heterocycles. The first-order valence-corrected chi connectivity index (χ1v) is 8.53. The highest BCUT2D eigenvalue weighted by Crippen LogP contribution is 2.61. The first-order chi connectivity index (χ1) is 10.5. The van der Waals surface area contributed by atoms with Crippen molar-refractivity contribution in [2.75, 3.05) is 0 Å². The maximum absolute atomic E-state index is 12.9. The molecule has 3 nitrogen and oxygen atoms in total. The van der Waals surface area contributed by atoms with Crippen LogP contribution in [-0.2, 0) is 11.3 Å². The van der Waals surface area contributed by atoms with Crippen LogP contribution in [0.25, 0.3) is 0 Å². The van der Waals surface area contributed by atoms with Gasteiger partial charge in [-0.05, 0) is 62.8 Å². The highest BCUT2D eigenvalue weighted by molar-refractivity contribution is 5.83. The van der Waals surface area contributed by atoms with Crippen molar-refractivity contribution in [1.82, 2.24) is 5.32 Å². The summed E-state index contributed by atoms with van der Waals surface area (Å²) in [5, 5.41) is 13.9. The van der Waals surface area contributed by atoms with Gasteiger partial charge in [-0.2, -0.15) is 0 Å². The zero-order valence-corrected chi connectivity index (χ0v) is 13.3. The van der Waals surface area contributed by atoms with Gasteiger partial charge in [-0.25, -0.2) is 0 Å². The number of hydrogen-bond donors (Lipinski definition) is 2. The summed E-state index contributed by atoms with van der Waals surface area (Å²) in [6.45, 7) is 2.66. The summed E-state index contributed by atoms with van der Waals surface area (Å²) in [5.41, 5.74) is 1.50. The summed E-state index contributed by atoms with van der Waals surface area (Å²) < 4.78 is 0. The third kappa shape index (κ3) is 2.36. The van der Waals surface area contributed by atoms with Crippen molar-refractivity contribution in [2.24, 2.45) is 17.3 Å². The van der Waals surface area contributed by atoms with Gasteiger partial charge in [0.25, 0.3) is 0 Å². The van der Waals surface area contributed by atoms with E-state index in [1.807, 2.05) is 6.07 Å². The number of aryl methyl sites for hydroxylation is 1. The van der Waals surface area contributed by atoms with Crippen molar-refractivity contribution >= 4 is 5.91 Å². The second kappa shape index (κ2) is 4.82. The third-order valence-corrected chi connectivity index (χ3v) is 6.05. The number of rotatable bonds is 3. The molecular weight excluding hydrogens is 274 g/mol. The molecule has 22 heavy (non-hydrogen) atoms. The van der Waals surface area contributed by atoms with E-state index >= 15 is 0 Å². The Hall–Kier alpha value is -1.35. The summed E-state index contributed by atoms with van der Waals surface area (Å²) in [6.07, 6.45) is 5.67. The SMILES string of the molecule is Cc1cccc(CNC(=O)C23CC4CC(CC(O)(C4)C2)C3)c1. The Bertz CT molecular complexity index is 595. The molecule has 1 amide bonds. The zero-order valence-electron chi connectivity index (χ0n) is 13.3. The summed E-state index contributed by atoms with van der Waals surface area (Å²) in [5.74, 6) is 1.27. The van der Waals surface area contributed by atoms with Crippen LogP contribution in [-0.4, -0.2) is 16.6 Å². The second-order valence-corrected chi connectivity index (χ2v) is 8.14. The van der Waals surface area contributed by atoms with Gasteiger partial charge in [0.15, 0.2) is 0 Å². The number of aliphatic hydroxyl groups is 1. The van der Waals surface area contributed by atoms with Crippen LogP contribution >= 0.6 is 0 Å². The van der Waals surface area contributed by atoms with E-state index in [9.17, 15) is 9.90 Å². The van der Waals surface area contributed by atoms with Crippen LogP contribution in [0, 0.1) is 24.2 Å². The Balaban J connectivity index is 1.48. The molecule has 5 rings (SSSR count). The van der Waals surface area contributed by atoms with E-state index < -0.39 is 5.60 Å². The minimum atomic E-state index is -0.565. The second-order valence-electron chi connectivity index (χ2n) is 8.14. The summed E-state index contributed by atoms with van der Waals surface area (Å²) in [4.78, 5) is 12.9. The largest absolute Gasteiger partial charge is 0.390 e. The Kier molecular flexibility index (Phi) is 3.12. The van der Waals surface area contributed by atoms with Gasteiger partial charge in [0.05, 0.1) is 11.0 Å². The van der Waals surface area contributed by atoms with Crippen LogP contribution in [0.3, 0.4) is 0 Å². The maximum Gasteiger partial charge on any atom is 0.226 e. The predicted octanol–water partition coefficient (Wildman–Crippen LogP) is 2.94. The highest BCUT2D eigenvalue weighted by Gasteiger charge is 2.60. The monoisotopic (exact) mass is 299 g/mol. The minimum absolute atomic E-state index is 0.168. The Morgan fingerprint density at radius 3 is 2.64 bits per heavy atom. The molecule has 0 spiro atoms. The van der Waals surface area contributed by atoms with Crippen molar-refractivity contribution in [3.05, 3.63) is 35.4 Å². The lowest BCUT2D eigenvalue weighted by Crippen LogP contribution is -2.60. The Morgan fingerprint density at radius 1 is 1.27 bits per heavy atom. The molecule has 4 aliphatic rings. The third-order valence-electron chi connectivity index (χ3n) is 6.05. The standard InChI is InChI=1S/C19H25NO2/c1-13-3-2-4-14(5-13)11-20-17(21)18-7-15-6-16(8-18)10-19(22,9-15)12-18/h2-5,15-16,22H,6-12H2,1H3,(H,20,21). The predicted molar refractivity (Wildman–Crippen MR) is 85.1 cm³/mol. The molecule has 2 unspecified atom stereocenters. The summed E-state index contributed by atoms with van der Waals surface area (Å²) >= 11 is 0. The van der Waals surface area contributed by atoms with E-state index in [-0.39, 0.29) is 11.3 Å². The molecule has 2 N–H and O–H groups in total. The average molecular weight is 299 g/mol. The van der Waals surface area contributed by atoms with Crippen LogP contribution in [0.4, 0.5) is 0 Å². The lowest BCUT2D eigenvalue weighted by molar-refractivity contribution is -0.178. The summed E-state index contributed by atoms with van der Waals surface area (Å²) in [7, 11) is 0. The normalized spacial score (nSPS) is 39.0. The quantitative estimate of drug-likeness (QED) is 0.901. The molecular formula is C19H25NO2. The topological polar surface area (TPSA) is 49.3 Å². The minimum Gasteiger partial charge on any atom is -0.390 e. The molecule has 118 valence electrons.